The standard InChI is InChI=1S/C20H20F4N2O2/c1-25-10-4-7-18(25)28-19(27)26(2)17-9-8-15(21)12-16(17)13-5-3-6-14(11-13)20(22,23)24/h3,5-6,8-9,11-12,18H,4,7,10H2,1-2H3/t18-/m0/s1. The normalized spacial score (nSPS) is 17.6. The molecule has 0 N–H and O–H groups in total. The van der Waals surface area contributed by atoms with Gasteiger partial charge in [-0.05, 0) is 55.8 Å². The van der Waals surface area contributed by atoms with E-state index in [0.29, 0.717) is 6.42 Å². The molecule has 0 saturated carbocycles. The Balaban J connectivity index is 1.94. The fourth-order valence-corrected chi connectivity index (χ4v) is 3.22. The van der Waals surface area contributed by atoms with Crippen LogP contribution in [0.25, 0.3) is 11.1 Å². The molecule has 0 spiro atoms. The molecule has 1 saturated heterocycles. The SMILES string of the molecule is CN(C(=O)O[C@H]1CCCN1C)c1ccc(F)cc1-c1cccc(C(F)(F)F)c1. The monoisotopic (exact) mass is 396 g/mol. The number of likely N-dealkylation sites (tertiary alicyclic amines) is 1. The fourth-order valence-electron chi connectivity index (χ4n) is 3.22. The number of carbonyl (C=O) groups is 1. The number of amides is 1. The predicted molar refractivity (Wildman–Crippen MR) is 97.4 cm³/mol. The molecular weight excluding hydrogens is 376 g/mol. The number of anilines is 1. The van der Waals surface area contributed by atoms with E-state index in [2.05, 4.69) is 0 Å². The Morgan fingerprint density at radius 3 is 2.61 bits per heavy atom. The summed E-state index contributed by atoms with van der Waals surface area (Å²) in [5, 5.41) is 0. The van der Waals surface area contributed by atoms with E-state index in [0.717, 1.165) is 37.2 Å². The molecule has 2 aromatic carbocycles. The van der Waals surface area contributed by atoms with Crippen LogP contribution in [0.2, 0.25) is 0 Å². The molecule has 1 amide bonds. The molecule has 0 radical (unpaired) electrons. The van der Waals surface area contributed by atoms with Crippen LogP contribution in [-0.2, 0) is 10.9 Å². The smallest absolute Gasteiger partial charge is 0.416 e. The number of rotatable bonds is 3. The minimum absolute atomic E-state index is 0.155. The molecule has 2 aromatic rings. The lowest BCUT2D eigenvalue weighted by Gasteiger charge is -2.25. The van der Waals surface area contributed by atoms with Crippen molar-refractivity contribution < 1.29 is 27.1 Å². The first-order valence-electron chi connectivity index (χ1n) is 8.78. The third kappa shape index (κ3) is 4.27. The first kappa shape index (κ1) is 20.1. The van der Waals surface area contributed by atoms with Crippen LogP contribution in [0.1, 0.15) is 18.4 Å². The van der Waals surface area contributed by atoms with E-state index >= 15 is 0 Å². The third-order valence-corrected chi connectivity index (χ3v) is 4.79. The molecule has 1 aliphatic rings. The van der Waals surface area contributed by atoms with Crippen LogP contribution in [0.4, 0.5) is 28.0 Å². The van der Waals surface area contributed by atoms with Crippen LogP contribution < -0.4 is 4.90 Å². The Kier molecular flexibility index (Phi) is 5.60. The van der Waals surface area contributed by atoms with Gasteiger partial charge in [-0.2, -0.15) is 13.2 Å². The van der Waals surface area contributed by atoms with Crippen LogP contribution in [0.3, 0.4) is 0 Å². The molecule has 1 aliphatic heterocycles. The molecule has 1 heterocycles. The number of hydrogen-bond acceptors (Lipinski definition) is 3. The van der Waals surface area contributed by atoms with Gasteiger partial charge < -0.3 is 4.74 Å². The van der Waals surface area contributed by atoms with Gasteiger partial charge in [0.05, 0.1) is 11.3 Å². The number of ether oxygens (including phenoxy) is 1. The van der Waals surface area contributed by atoms with Gasteiger partial charge in [-0.1, -0.05) is 12.1 Å². The van der Waals surface area contributed by atoms with Crippen LogP contribution in [-0.4, -0.2) is 37.9 Å². The van der Waals surface area contributed by atoms with Crippen molar-refractivity contribution in [2.75, 3.05) is 25.5 Å². The van der Waals surface area contributed by atoms with Gasteiger partial charge in [0.15, 0.2) is 6.23 Å². The highest BCUT2D eigenvalue weighted by Gasteiger charge is 2.31. The van der Waals surface area contributed by atoms with Crippen molar-refractivity contribution in [3.63, 3.8) is 0 Å². The first-order valence-corrected chi connectivity index (χ1v) is 8.78. The molecule has 1 fully saturated rings. The van der Waals surface area contributed by atoms with Crippen molar-refractivity contribution in [1.29, 1.82) is 0 Å². The van der Waals surface area contributed by atoms with Crippen molar-refractivity contribution in [2.24, 2.45) is 0 Å². The Morgan fingerprint density at radius 1 is 1.21 bits per heavy atom. The second-order valence-corrected chi connectivity index (χ2v) is 6.76. The van der Waals surface area contributed by atoms with Crippen LogP contribution in [0.15, 0.2) is 42.5 Å². The van der Waals surface area contributed by atoms with Gasteiger partial charge in [0.25, 0.3) is 0 Å². The minimum atomic E-state index is -4.53. The third-order valence-electron chi connectivity index (χ3n) is 4.79. The lowest BCUT2D eigenvalue weighted by Crippen LogP contribution is -2.36. The Morgan fingerprint density at radius 2 is 1.96 bits per heavy atom. The molecule has 3 rings (SSSR count). The zero-order valence-electron chi connectivity index (χ0n) is 15.5. The van der Waals surface area contributed by atoms with E-state index in [1.165, 1.54) is 30.1 Å². The minimum Gasteiger partial charge on any atom is -0.430 e. The van der Waals surface area contributed by atoms with Gasteiger partial charge in [-0.25, -0.2) is 9.18 Å². The summed E-state index contributed by atoms with van der Waals surface area (Å²) in [6.45, 7) is 0.813. The Labute approximate surface area is 160 Å². The predicted octanol–water partition coefficient (Wildman–Crippen LogP) is 5.14. The summed E-state index contributed by atoms with van der Waals surface area (Å²) in [6, 6.07) is 8.17. The Hall–Kier alpha value is -2.61. The van der Waals surface area contributed by atoms with E-state index in [1.807, 2.05) is 11.9 Å². The number of alkyl halides is 3. The second kappa shape index (κ2) is 7.79. The highest BCUT2D eigenvalue weighted by molar-refractivity contribution is 5.93. The second-order valence-electron chi connectivity index (χ2n) is 6.76. The maximum Gasteiger partial charge on any atom is 0.416 e. The molecule has 0 aromatic heterocycles. The molecule has 0 unspecified atom stereocenters. The van der Waals surface area contributed by atoms with E-state index in [-0.39, 0.29) is 23.0 Å². The van der Waals surface area contributed by atoms with Crippen LogP contribution >= 0.6 is 0 Å². The summed E-state index contributed by atoms with van der Waals surface area (Å²) in [6.07, 6.45) is -3.92. The summed E-state index contributed by atoms with van der Waals surface area (Å²) in [5.74, 6) is -0.617. The summed E-state index contributed by atoms with van der Waals surface area (Å²) < 4.78 is 58.5. The molecule has 28 heavy (non-hydrogen) atoms. The zero-order chi connectivity index (χ0) is 20.5. The van der Waals surface area contributed by atoms with Crippen molar-refractivity contribution in [1.82, 2.24) is 4.90 Å². The van der Waals surface area contributed by atoms with Crippen LogP contribution in [0, 0.1) is 5.82 Å². The van der Waals surface area contributed by atoms with Gasteiger partial charge in [-0.15, -0.1) is 0 Å². The van der Waals surface area contributed by atoms with E-state index in [1.54, 1.807) is 0 Å². The van der Waals surface area contributed by atoms with E-state index < -0.39 is 23.7 Å². The number of nitrogens with zero attached hydrogens (tertiary/aromatic N) is 2. The first-order chi connectivity index (χ1) is 13.2. The molecule has 4 nitrogen and oxygen atoms in total. The number of halogens is 4. The number of hydrogen-bond donors (Lipinski definition) is 0. The van der Waals surface area contributed by atoms with Gasteiger partial charge in [0.1, 0.15) is 5.82 Å². The van der Waals surface area contributed by atoms with Gasteiger partial charge >= 0.3 is 12.3 Å². The molecule has 8 heteroatoms. The molecule has 0 aliphatic carbocycles. The number of carbonyl (C=O) groups excluding carboxylic acids is 1. The summed E-state index contributed by atoms with van der Waals surface area (Å²) in [7, 11) is 3.29. The van der Waals surface area contributed by atoms with Crippen molar-refractivity contribution in [3.05, 3.63) is 53.8 Å². The zero-order valence-corrected chi connectivity index (χ0v) is 15.5. The highest BCUT2D eigenvalue weighted by Crippen LogP contribution is 2.36. The summed E-state index contributed by atoms with van der Waals surface area (Å²) >= 11 is 0. The fraction of sp³-hybridized carbons (Fsp3) is 0.350. The quantitative estimate of drug-likeness (QED) is 0.674. The van der Waals surface area contributed by atoms with Gasteiger partial charge in [0, 0.05) is 19.2 Å². The van der Waals surface area contributed by atoms with Gasteiger partial charge in [-0.3, -0.25) is 9.80 Å². The lowest BCUT2D eigenvalue weighted by atomic mass is 10.0. The van der Waals surface area contributed by atoms with Gasteiger partial charge in [0.2, 0.25) is 0 Å². The Bertz CT molecular complexity index is 870. The molecule has 150 valence electrons. The van der Waals surface area contributed by atoms with Crippen LogP contribution in [0.5, 0.6) is 0 Å². The molecule has 1 atom stereocenters. The van der Waals surface area contributed by atoms with Crippen molar-refractivity contribution in [3.8, 4) is 11.1 Å². The number of benzene rings is 2. The molecule has 0 bridgehead atoms. The average Bonchev–Trinajstić information content (AvgIpc) is 3.05. The maximum atomic E-state index is 13.8. The molecular formula is C20H20F4N2O2. The maximum absolute atomic E-state index is 13.8. The lowest BCUT2D eigenvalue weighted by molar-refractivity contribution is -0.137. The van der Waals surface area contributed by atoms with Crippen molar-refractivity contribution >= 4 is 11.8 Å². The average molecular weight is 396 g/mol. The topological polar surface area (TPSA) is 32.8 Å². The largest absolute Gasteiger partial charge is 0.430 e. The highest BCUT2D eigenvalue weighted by atomic mass is 19.4. The van der Waals surface area contributed by atoms with E-state index in [4.69, 9.17) is 4.74 Å². The van der Waals surface area contributed by atoms with Crippen molar-refractivity contribution in [2.45, 2.75) is 25.2 Å². The summed E-state index contributed by atoms with van der Waals surface area (Å²) in [4.78, 5) is 15.6. The summed E-state index contributed by atoms with van der Waals surface area (Å²) in [5.41, 5.74) is -0.267. The van der Waals surface area contributed by atoms with E-state index in [9.17, 15) is 22.4 Å².